The van der Waals surface area contributed by atoms with E-state index in [1.807, 2.05) is 4.90 Å². The van der Waals surface area contributed by atoms with Crippen molar-refractivity contribution >= 4 is 5.91 Å². The Morgan fingerprint density at radius 3 is 2.63 bits per heavy atom. The Hall–Kier alpha value is -2.17. The fraction of sp³-hybridized carbons (Fsp3) is 0.500. The molecule has 0 bridgehead atoms. The number of amides is 1. The molecule has 1 amide bonds. The number of likely N-dealkylation sites (tertiary alicyclic amines) is 1. The zero-order valence-corrected chi connectivity index (χ0v) is 18.2. The number of aliphatic hydroxyl groups is 1. The number of aliphatic hydroxyl groups excluding tert-OH is 1. The minimum absolute atomic E-state index is 0.194. The molecular formula is C26H33NO3. The predicted molar refractivity (Wildman–Crippen MR) is 119 cm³/mol. The van der Waals surface area contributed by atoms with Gasteiger partial charge in [0, 0.05) is 26.3 Å². The van der Waals surface area contributed by atoms with Crippen LogP contribution in [0.5, 0.6) is 0 Å². The fourth-order valence-electron chi connectivity index (χ4n) is 5.12. The lowest BCUT2D eigenvalue weighted by molar-refractivity contribution is -0.151. The standard InChI is InChI=1S/C26H33NO3/c1-19-9-10-23(20(2)16-19)24-8-4-3-6-21(24)17-26(11-14-30-15-12-26)25(29)27-13-5-7-22(28)18-27/h3-4,6,8-10,16,22,28H,5,7,11-15,17-18H2,1-2H3/t22-/m1/s1. The van der Waals surface area contributed by atoms with Gasteiger partial charge in [-0.15, -0.1) is 0 Å². The van der Waals surface area contributed by atoms with E-state index >= 15 is 0 Å². The number of carbonyl (C=O) groups is 1. The van der Waals surface area contributed by atoms with E-state index in [0.717, 1.165) is 32.2 Å². The first-order valence-electron chi connectivity index (χ1n) is 11.2. The molecule has 0 unspecified atom stereocenters. The molecule has 0 radical (unpaired) electrons. The summed E-state index contributed by atoms with van der Waals surface area (Å²) in [6.45, 7) is 6.72. The fourth-order valence-corrected chi connectivity index (χ4v) is 5.12. The van der Waals surface area contributed by atoms with Gasteiger partial charge >= 0.3 is 0 Å². The van der Waals surface area contributed by atoms with E-state index in [9.17, 15) is 9.90 Å². The first kappa shape index (κ1) is 21.1. The zero-order valence-electron chi connectivity index (χ0n) is 18.2. The number of β-amino-alcohol motifs (C(OH)–C–C–N with tert-alkyl or cyclic N) is 1. The minimum atomic E-state index is -0.454. The van der Waals surface area contributed by atoms with E-state index in [1.54, 1.807) is 0 Å². The van der Waals surface area contributed by atoms with Crippen LogP contribution in [0.15, 0.2) is 42.5 Å². The molecule has 2 saturated heterocycles. The molecule has 0 spiro atoms. The normalized spacial score (nSPS) is 21.4. The summed E-state index contributed by atoms with van der Waals surface area (Å²) < 4.78 is 5.65. The first-order chi connectivity index (χ1) is 14.5. The van der Waals surface area contributed by atoms with Crippen molar-refractivity contribution in [1.82, 2.24) is 4.90 Å². The predicted octanol–water partition coefficient (Wildman–Crippen LogP) is 4.29. The molecule has 4 heteroatoms. The molecule has 30 heavy (non-hydrogen) atoms. The third-order valence-electron chi connectivity index (χ3n) is 6.81. The van der Waals surface area contributed by atoms with Crippen LogP contribution in [0.1, 0.15) is 42.4 Å². The first-order valence-corrected chi connectivity index (χ1v) is 11.2. The molecule has 2 aromatic rings. The smallest absolute Gasteiger partial charge is 0.229 e. The second kappa shape index (κ2) is 8.91. The SMILES string of the molecule is Cc1ccc(-c2ccccc2CC2(C(=O)N3CCC[C@@H](O)C3)CCOCC2)c(C)c1. The van der Waals surface area contributed by atoms with Crippen molar-refractivity contribution in [2.24, 2.45) is 5.41 Å². The van der Waals surface area contributed by atoms with Gasteiger partial charge in [-0.05, 0) is 68.2 Å². The van der Waals surface area contributed by atoms with Gasteiger partial charge in [-0.2, -0.15) is 0 Å². The quantitative estimate of drug-likeness (QED) is 0.822. The molecule has 2 aliphatic heterocycles. The molecule has 2 fully saturated rings. The summed E-state index contributed by atoms with van der Waals surface area (Å²) in [5.41, 5.74) is 5.73. The Morgan fingerprint density at radius 2 is 1.90 bits per heavy atom. The van der Waals surface area contributed by atoms with Gasteiger partial charge in [0.1, 0.15) is 0 Å². The van der Waals surface area contributed by atoms with Crippen LogP contribution in [0, 0.1) is 19.3 Å². The molecule has 4 rings (SSSR count). The van der Waals surface area contributed by atoms with Crippen LogP contribution in [-0.2, 0) is 16.0 Å². The maximum absolute atomic E-state index is 13.7. The van der Waals surface area contributed by atoms with E-state index < -0.39 is 11.5 Å². The number of benzene rings is 2. The number of nitrogens with zero attached hydrogens (tertiary/aromatic N) is 1. The summed E-state index contributed by atoms with van der Waals surface area (Å²) in [6.07, 6.45) is 3.45. The van der Waals surface area contributed by atoms with Crippen molar-refractivity contribution in [3.8, 4) is 11.1 Å². The van der Waals surface area contributed by atoms with Crippen molar-refractivity contribution < 1.29 is 14.6 Å². The molecule has 2 aliphatic rings. The summed E-state index contributed by atoms with van der Waals surface area (Å²) >= 11 is 0. The molecule has 4 nitrogen and oxygen atoms in total. The average Bonchev–Trinajstić information content (AvgIpc) is 2.75. The van der Waals surface area contributed by atoms with Crippen LogP contribution in [0.25, 0.3) is 11.1 Å². The Morgan fingerprint density at radius 1 is 1.13 bits per heavy atom. The molecule has 0 aromatic heterocycles. The highest BCUT2D eigenvalue weighted by Crippen LogP contribution is 2.40. The van der Waals surface area contributed by atoms with Gasteiger partial charge in [-0.1, -0.05) is 48.0 Å². The van der Waals surface area contributed by atoms with E-state index in [1.165, 1.54) is 27.8 Å². The van der Waals surface area contributed by atoms with Crippen molar-refractivity contribution in [1.29, 1.82) is 0 Å². The summed E-state index contributed by atoms with van der Waals surface area (Å²) in [7, 11) is 0. The average molecular weight is 408 g/mol. The highest BCUT2D eigenvalue weighted by Gasteiger charge is 2.43. The van der Waals surface area contributed by atoms with Gasteiger partial charge in [-0.25, -0.2) is 0 Å². The van der Waals surface area contributed by atoms with Gasteiger partial charge in [0.2, 0.25) is 5.91 Å². The van der Waals surface area contributed by atoms with E-state index in [2.05, 4.69) is 56.3 Å². The molecule has 1 N–H and O–H groups in total. The number of hydrogen-bond acceptors (Lipinski definition) is 3. The maximum Gasteiger partial charge on any atom is 0.229 e. The third kappa shape index (κ3) is 4.30. The number of aryl methyl sites for hydroxylation is 2. The largest absolute Gasteiger partial charge is 0.391 e. The highest BCUT2D eigenvalue weighted by atomic mass is 16.5. The topological polar surface area (TPSA) is 49.8 Å². The van der Waals surface area contributed by atoms with Crippen molar-refractivity contribution in [2.75, 3.05) is 26.3 Å². The highest BCUT2D eigenvalue weighted by molar-refractivity contribution is 5.84. The van der Waals surface area contributed by atoms with Crippen molar-refractivity contribution in [3.63, 3.8) is 0 Å². The zero-order chi connectivity index (χ0) is 21.1. The molecule has 0 aliphatic carbocycles. The second-order valence-corrected chi connectivity index (χ2v) is 9.09. The lowest BCUT2D eigenvalue weighted by Gasteiger charge is -2.42. The summed E-state index contributed by atoms with van der Waals surface area (Å²) in [5, 5.41) is 10.1. The monoisotopic (exact) mass is 407 g/mol. The minimum Gasteiger partial charge on any atom is -0.391 e. The van der Waals surface area contributed by atoms with Gasteiger partial charge in [-0.3, -0.25) is 4.79 Å². The number of ether oxygens (including phenoxy) is 1. The molecule has 2 aromatic carbocycles. The van der Waals surface area contributed by atoms with Gasteiger partial charge in [0.15, 0.2) is 0 Å². The molecule has 1 atom stereocenters. The van der Waals surface area contributed by atoms with Crippen molar-refractivity contribution in [3.05, 3.63) is 59.2 Å². The van der Waals surface area contributed by atoms with E-state index in [4.69, 9.17) is 4.74 Å². The van der Waals surface area contributed by atoms with E-state index in [0.29, 0.717) is 26.2 Å². The number of piperidine rings is 1. The summed E-state index contributed by atoms with van der Waals surface area (Å²) in [6, 6.07) is 15.1. The molecule has 0 saturated carbocycles. The number of hydrogen-bond donors (Lipinski definition) is 1. The van der Waals surface area contributed by atoms with Crippen molar-refractivity contribution in [2.45, 2.75) is 52.1 Å². The van der Waals surface area contributed by atoms with Gasteiger partial charge < -0.3 is 14.7 Å². The van der Waals surface area contributed by atoms with Crippen LogP contribution in [0.4, 0.5) is 0 Å². The Bertz CT molecular complexity index is 901. The summed E-state index contributed by atoms with van der Waals surface area (Å²) in [4.78, 5) is 15.6. The lowest BCUT2D eigenvalue weighted by Crippen LogP contribution is -2.52. The second-order valence-electron chi connectivity index (χ2n) is 9.09. The van der Waals surface area contributed by atoms with Crippen LogP contribution in [0.3, 0.4) is 0 Å². The maximum atomic E-state index is 13.7. The number of carbonyl (C=O) groups excluding carboxylic acids is 1. The van der Waals surface area contributed by atoms with E-state index in [-0.39, 0.29) is 5.91 Å². The Labute approximate surface area is 179 Å². The Kier molecular flexibility index (Phi) is 6.26. The summed E-state index contributed by atoms with van der Waals surface area (Å²) in [5.74, 6) is 0.194. The van der Waals surface area contributed by atoms with Crippen LogP contribution >= 0.6 is 0 Å². The Balaban J connectivity index is 1.68. The number of rotatable bonds is 4. The lowest BCUT2D eigenvalue weighted by atomic mass is 9.72. The molecule has 160 valence electrons. The molecule has 2 heterocycles. The van der Waals surface area contributed by atoms with Crippen LogP contribution in [-0.4, -0.2) is 48.3 Å². The van der Waals surface area contributed by atoms with Crippen LogP contribution < -0.4 is 0 Å². The van der Waals surface area contributed by atoms with Crippen LogP contribution in [0.2, 0.25) is 0 Å². The third-order valence-corrected chi connectivity index (χ3v) is 6.81. The van der Waals surface area contributed by atoms with Gasteiger partial charge in [0.25, 0.3) is 0 Å². The molecular weight excluding hydrogens is 374 g/mol. The van der Waals surface area contributed by atoms with Gasteiger partial charge in [0.05, 0.1) is 11.5 Å².